The van der Waals surface area contributed by atoms with E-state index in [0.29, 0.717) is 24.1 Å². The summed E-state index contributed by atoms with van der Waals surface area (Å²) >= 11 is 0. The number of nitrogens with zero attached hydrogens (tertiary/aromatic N) is 2. The van der Waals surface area contributed by atoms with Crippen LogP contribution >= 0.6 is 0 Å². The van der Waals surface area contributed by atoms with Gasteiger partial charge in [0.05, 0.1) is 18.9 Å². The van der Waals surface area contributed by atoms with Crippen molar-refractivity contribution in [1.82, 2.24) is 10.1 Å². The Kier molecular flexibility index (Phi) is 3.02. The van der Waals surface area contributed by atoms with Crippen molar-refractivity contribution >= 4 is 0 Å². The van der Waals surface area contributed by atoms with E-state index in [1.54, 1.807) is 13.4 Å². The molecule has 0 bridgehead atoms. The highest BCUT2D eigenvalue weighted by Gasteiger charge is 2.18. The topological polar surface area (TPSA) is 87.3 Å². The maximum absolute atomic E-state index is 5.77. The Morgan fingerprint density at radius 1 is 1.56 bits per heavy atom. The van der Waals surface area contributed by atoms with E-state index < -0.39 is 6.04 Å². The van der Waals surface area contributed by atoms with Crippen molar-refractivity contribution in [3.63, 3.8) is 0 Å². The molecule has 0 spiro atoms. The molecule has 2 aromatic rings. The predicted molar refractivity (Wildman–Crippen MR) is 55.5 cm³/mol. The zero-order valence-corrected chi connectivity index (χ0v) is 9.14. The summed E-state index contributed by atoms with van der Waals surface area (Å²) in [7, 11) is 1.57. The molecule has 2 N–H and O–H groups in total. The van der Waals surface area contributed by atoms with Crippen molar-refractivity contribution in [2.24, 2.45) is 5.73 Å². The van der Waals surface area contributed by atoms with Gasteiger partial charge in [0.25, 0.3) is 5.89 Å². The van der Waals surface area contributed by atoms with Gasteiger partial charge in [0.15, 0.2) is 11.6 Å². The minimum Gasteiger partial charge on any atom is -0.459 e. The van der Waals surface area contributed by atoms with Crippen LogP contribution in [0, 0.1) is 6.92 Å². The lowest BCUT2D eigenvalue weighted by molar-refractivity contribution is 0.177. The molecular formula is C10H13N3O3. The van der Waals surface area contributed by atoms with Gasteiger partial charge >= 0.3 is 0 Å². The number of methoxy groups -OCH3 is 1. The molecule has 0 saturated heterocycles. The Bertz CT molecular complexity index is 463. The Morgan fingerprint density at radius 3 is 3.00 bits per heavy atom. The number of nitrogens with two attached hydrogens (primary N) is 1. The fraction of sp³-hybridized carbons (Fsp3) is 0.400. The van der Waals surface area contributed by atoms with Crippen LogP contribution in [-0.4, -0.2) is 23.9 Å². The van der Waals surface area contributed by atoms with Crippen LogP contribution in [0.1, 0.15) is 17.4 Å². The van der Waals surface area contributed by atoms with Crippen LogP contribution in [0.5, 0.6) is 0 Å². The zero-order valence-electron chi connectivity index (χ0n) is 9.14. The van der Waals surface area contributed by atoms with E-state index in [1.165, 1.54) is 0 Å². The summed E-state index contributed by atoms with van der Waals surface area (Å²) in [6, 6.07) is 1.44. The Hall–Kier alpha value is -1.66. The summed E-state index contributed by atoms with van der Waals surface area (Å²) in [5.74, 6) is 1.32. The zero-order chi connectivity index (χ0) is 11.5. The quantitative estimate of drug-likeness (QED) is 0.840. The number of aryl methyl sites for hydroxylation is 1. The van der Waals surface area contributed by atoms with E-state index in [1.807, 2.05) is 13.0 Å². The van der Waals surface area contributed by atoms with E-state index in [-0.39, 0.29) is 0 Å². The largest absolute Gasteiger partial charge is 0.459 e. The third-order valence-corrected chi connectivity index (χ3v) is 2.18. The van der Waals surface area contributed by atoms with Gasteiger partial charge in [-0.3, -0.25) is 0 Å². The average Bonchev–Trinajstić information content (AvgIpc) is 2.86. The smallest absolute Gasteiger partial charge is 0.293 e. The molecule has 16 heavy (non-hydrogen) atoms. The molecule has 2 aromatic heterocycles. The predicted octanol–water partition coefficient (Wildman–Crippen LogP) is 1.28. The first-order valence-electron chi connectivity index (χ1n) is 4.85. The minimum atomic E-state index is -0.391. The fourth-order valence-corrected chi connectivity index (χ4v) is 1.32. The van der Waals surface area contributed by atoms with Crippen molar-refractivity contribution in [3.8, 4) is 11.7 Å². The number of hydrogen-bond acceptors (Lipinski definition) is 6. The molecule has 0 amide bonds. The standard InChI is InChI=1S/C10H13N3O3/c1-6-3-4-15-8(6)10-12-9(13-16-10)7(11)5-14-2/h3-4,7H,5,11H2,1-2H3. The first-order valence-corrected chi connectivity index (χ1v) is 4.85. The monoisotopic (exact) mass is 223 g/mol. The second-order valence-electron chi connectivity index (χ2n) is 3.45. The first-order chi connectivity index (χ1) is 7.72. The van der Waals surface area contributed by atoms with Crippen LogP contribution in [0.15, 0.2) is 21.3 Å². The van der Waals surface area contributed by atoms with Crippen LogP contribution in [0.3, 0.4) is 0 Å². The van der Waals surface area contributed by atoms with Crippen molar-refractivity contribution in [3.05, 3.63) is 23.7 Å². The molecule has 0 fully saturated rings. The molecular weight excluding hydrogens is 210 g/mol. The summed E-state index contributed by atoms with van der Waals surface area (Å²) < 4.78 is 15.2. The summed E-state index contributed by atoms with van der Waals surface area (Å²) in [5, 5.41) is 3.78. The van der Waals surface area contributed by atoms with Crippen molar-refractivity contribution in [2.45, 2.75) is 13.0 Å². The highest BCUT2D eigenvalue weighted by Crippen LogP contribution is 2.23. The van der Waals surface area contributed by atoms with Crippen LogP contribution in [0.2, 0.25) is 0 Å². The number of aromatic nitrogens is 2. The molecule has 1 unspecified atom stereocenters. The van der Waals surface area contributed by atoms with Crippen LogP contribution in [0.25, 0.3) is 11.7 Å². The molecule has 86 valence electrons. The van der Waals surface area contributed by atoms with Gasteiger partial charge in [-0.25, -0.2) is 0 Å². The van der Waals surface area contributed by atoms with E-state index >= 15 is 0 Å². The highest BCUT2D eigenvalue weighted by atomic mass is 16.5. The third-order valence-electron chi connectivity index (χ3n) is 2.18. The summed E-state index contributed by atoms with van der Waals surface area (Å²) in [6.07, 6.45) is 1.57. The van der Waals surface area contributed by atoms with Crippen molar-refractivity contribution in [1.29, 1.82) is 0 Å². The SMILES string of the molecule is COCC(N)c1noc(-c2occc2C)n1. The second kappa shape index (κ2) is 4.46. The molecule has 0 aliphatic carbocycles. The maximum atomic E-state index is 5.77. The summed E-state index contributed by atoms with van der Waals surface area (Å²) in [6.45, 7) is 2.24. The molecule has 6 heteroatoms. The molecule has 1 atom stereocenters. The summed E-state index contributed by atoms with van der Waals surface area (Å²) in [5.41, 5.74) is 6.71. The summed E-state index contributed by atoms with van der Waals surface area (Å²) in [4.78, 5) is 4.16. The Balaban J connectivity index is 2.23. The molecule has 2 heterocycles. The van der Waals surface area contributed by atoms with E-state index in [2.05, 4.69) is 10.1 Å². The van der Waals surface area contributed by atoms with Gasteiger partial charge in [0.1, 0.15) is 0 Å². The third kappa shape index (κ3) is 1.98. The van der Waals surface area contributed by atoms with Gasteiger partial charge in [-0.15, -0.1) is 0 Å². The van der Waals surface area contributed by atoms with Crippen LogP contribution in [0.4, 0.5) is 0 Å². The second-order valence-corrected chi connectivity index (χ2v) is 3.45. The Labute approximate surface area is 92.4 Å². The molecule has 6 nitrogen and oxygen atoms in total. The lowest BCUT2D eigenvalue weighted by Gasteiger charge is -2.02. The average molecular weight is 223 g/mol. The lowest BCUT2D eigenvalue weighted by Crippen LogP contribution is -2.17. The van der Waals surface area contributed by atoms with E-state index in [4.69, 9.17) is 19.4 Å². The van der Waals surface area contributed by atoms with Gasteiger partial charge in [0.2, 0.25) is 0 Å². The van der Waals surface area contributed by atoms with Gasteiger partial charge in [0, 0.05) is 12.7 Å². The molecule has 0 aromatic carbocycles. The number of hydrogen-bond donors (Lipinski definition) is 1. The van der Waals surface area contributed by atoms with Gasteiger partial charge < -0.3 is 19.4 Å². The fourth-order valence-electron chi connectivity index (χ4n) is 1.32. The van der Waals surface area contributed by atoms with E-state index in [9.17, 15) is 0 Å². The molecule has 0 saturated carbocycles. The van der Waals surface area contributed by atoms with Gasteiger partial charge in [-0.05, 0) is 13.0 Å². The number of ether oxygens (including phenoxy) is 1. The first kappa shape index (κ1) is 10.8. The number of rotatable bonds is 4. The normalized spacial score (nSPS) is 12.9. The van der Waals surface area contributed by atoms with Crippen molar-refractivity contribution < 1.29 is 13.7 Å². The van der Waals surface area contributed by atoms with Crippen LogP contribution in [-0.2, 0) is 4.74 Å². The number of furan rings is 1. The van der Waals surface area contributed by atoms with Crippen LogP contribution < -0.4 is 5.73 Å². The highest BCUT2D eigenvalue weighted by molar-refractivity contribution is 5.49. The lowest BCUT2D eigenvalue weighted by atomic mass is 10.3. The molecule has 0 radical (unpaired) electrons. The maximum Gasteiger partial charge on any atom is 0.293 e. The molecule has 0 aliphatic rings. The van der Waals surface area contributed by atoms with Gasteiger partial charge in [-0.2, -0.15) is 4.98 Å². The van der Waals surface area contributed by atoms with E-state index in [0.717, 1.165) is 5.56 Å². The minimum absolute atomic E-state index is 0.337. The molecule has 2 rings (SSSR count). The van der Waals surface area contributed by atoms with Gasteiger partial charge in [-0.1, -0.05) is 5.16 Å². The Morgan fingerprint density at radius 2 is 2.38 bits per heavy atom. The van der Waals surface area contributed by atoms with Crippen molar-refractivity contribution in [2.75, 3.05) is 13.7 Å². The molecule has 0 aliphatic heterocycles.